The molecule has 0 aliphatic carbocycles. The number of hydrogen-bond donors (Lipinski definition) is 1. The van der Waals surface area contributed by atoms with Crippen molar-refractivity contribution in [2.75, 3.05) is 20.8 Å². The fourth-order valence-electron chi connectivity index (χ4n) is 2.32. The molecule has 0 aliphatic heterocycles. The number of amides is 1. The van der Waals surface area contributed by atoms with Gasteiger partial charge in [0.2, 0.25) is 5.91 Å². The molecule has 0 saturated carbocycles. The number of nitrogens with one attached hydrogen (secondary N) is 1. The predicted octanol–water partition coefficient (Wildman–Crippen LogP) is 3.22. The van der Waals surface area contributed by atoms with Crippen LogP contribution in [0.1, 0.15) is 5.56 Å². The molecular formula is C19H21NO3. The quantitative estimate of drug-likeness (QED) is 0.799. The van der Waals surface area contributed by atoms with Crippen LogP contribution in [0.15, 0.2) is 55.1 Å². The predicted molar refractivity (Wildman–Crippen MR) is 91.9 cm³/mol. The molecule has 0 radical (unpaired) electrons. The van der Waals surface area contributed by atoms with Crippen molar-refractivity contribution < 1.29 is 14.3 Å². The van der Waals surface area contributed by atoms with Gasteiger partial charge in [-0.25, -0.2) is 0 Å². The van der Waals surface area contributed by atoms with Crippen LogP contribution < -0.4 is 14.8 Å². The second kappa shape index (κ2) is 8.03. The van der Waals surface area contributed by atoms with Gasteiger partial charge in [-0.05, 0) is 41.3 Å². The highest BCUT2D eigenvalue weighted by molar-refractivity contribution is 5.86. The summed E-state index contributed by atoms with van der Waals surface area (Å²) < 4.78 is 10.6. The summed E-state index contributed by atoms with van der Waals surface area (Å²) in [5.41, 5.74) is 3.31. The maximum Gasteiger partial charge on any atom is 0.243 e. The number of rotatable bonds is 7. The smallest absolute Gasteiger partial charge is 0.243 e. The van der Waals surface area contributed by atoms with Gasteiger partial charge in [-0.15, -0.1) is 0 Å². The van der Waals surface area contributed by atoms with Crippen LogP contribution >= 0.6 is 0 Å². The van der Waals surface area contributed by atoms with E-state index < -0.39 is 0 Å². The van der Waals surface area contributed by atoms with E-state index in [1.165, 1.54) is 6.08 Å². The lowest BCUT2D eigenvalue weighted by atomic mass is 10.0. The lowest BCUT2D eigenvalue weighted by Gasteiger charge is -2.11. The molecule has 2 aromatic rings. The van der Waals surface area contributed by atoms with Crippen molar-refractivity contribution in [2.24, 2.45) is 0 Å². The summed E-state index contributed by atoms with van der Waals surface area (Å²) in [5.74, 6) is 1.26. The fourth-order valence-corrected chi connectivity index (χ4v) is 2.32. The van der Waals surface area contributed by atoms with Crippen molar-refractivity contribution in [1.82, 2.24) is 5.32 Å². The molecule has 0 saturated heterocycles. The van der Waals surface area contributed by atoms with Crippen molar-refractivity contribution in [3.63, 3.8) is 0 Å². The van der Waals surface area contributed by atoms with Crippen LogP contribution in [0, 0.1) is 0 Å². The average Bonchev–Trinajstić information content (AvgIpc) is 2.61. The summed E-state index contributed by atoms with van der Waals surface area (Å²) in [6, 6.07) is 14.1. The molecular weight excluding hydrogens is 290 g/mol. The molecule has 4 nitrogen and oxygen atoms in total. The lowest BCUT2D eigenvalue weighted by Crippen LogP contribution is -2.23. The van der Waals surface area contributed by atoms with Gasteiger partial charge in [-0.2, -0.15) is 0 Å². The number of hydrogen-bond acceptors (Lipinski definition) is 3. The van der Waals surface area contributed by atoms with Gasteiger partial charge in [0.05, 0.1) is 14.2 Å². The fraction of sp³-hybridized carbons (Fsp3) is 0.211. The number of ether oxygens (including phenoxy) is 2. The van der Waals surface area contributed by atoms with E-state index in [-0.39, 0.29) is 5.91 Å². The molecule has 0 aromatic heterocycles. The van der Waals surface area contributed by atoms with Crippen molar-refractivity contribution in [2.45, 2.75) is 6.42 Å². The summed E-state index contributed by atoms with van der Waals surface area (Å²) in [6.45, 7) is 4.02. The summed E-state index contributed by atoms with van der Waals surface area (Å²) >= 11 is 0. The normalized spacial score (nSPS) is 10.0. The molecule has 0 aliphatic rings. The number of carbonyl (C=O) groups is 1. The third kappa shape index (κ3) is 4.36. The molecule has 0 unspecified atom stereocenters. The number of benzene rings is 2. The van der Waals surface area contributed by atoms with E-state index in [1.54, 1.807) is 14.2 Å². The first-order valence-corrected chi connectivity index (χ1v) is 7.39. The van der Waals surface area contributed by atoms with Gasteiger partial charge in [0, 0.05) is 6.54 Å². The van der Waals surface area contributed by atoms with Crippen LogP contribution in [-0.2, 0) is 11.2 Å². The highest BCUT2D eigenvalue weighted by atomic mass is 16.5. The van der Waals surface area contributed by atoms with Crippen LogP contribution in [0.25, 0.3) is 11.1 Å². The Morgan fingerprint density at radius 3 is 2.52 bits per heavy atom. The molecule has 0 fully saturated rings. The first-order chi connectivity index (χ1) is 11.2. The number of carbonyl (C=O) groups excluding carboxylic acids is 1. The van der Waals surface area contributed by atoms with Gasteiger partial charge >= 0.3 is 0 Å². The molecule has 23 heavy (non-hydrogen) atoms. The van der Waals surface area contributed by atoms with Crippen LogP contribution in [-0.4, -0.2) is 26.7 Å². The van der Waals surface area contributed by atoms with E-state index in [0.29, 0.717) is 18.0 Å². The highest BCUT2D eigenvalue weighted by Crippen LogP contribution is 2.32. The zero-order valence-corrected chi connectivity index (χ0v) is 13.5. The van der Waals surface area contributed by atoms with Gasteiger partial charge < -0.3 is 14.8 Å². The zero-order chi connectivity index (χ0) is 16.7. The SMILES string of the molecule is C=CC(=O)NCCc1cccc(-c2ccc(OC)c(OC)c2)c1. The molecule has 0 heterocycles. The van der Waals surface area contributed by atoms with Crippen molar-refractivity contribution in [3.05, 3.63) is 60.7 Å². The zero-order valence-electron chi connectivity index (χ0n) is 13.5. The van der Waals surface area contributed by atoms with Gasteiger partial charge in [-0.3, -0.25) is 4.79 Å². The minimum Gasteiger partial charge on any atom is -0.493 e. The number of methoxy groups -OCH3 is 2. The van der Waals surface area contributed by atoms with E-state index in [9.17, 15) is 4.79 Å². The molecule has 1 N–H and O–H groups in total. The molecule has 1 amide bonds. The largest absolute Gasteiger partial charge is 0.493 e. The Balaban J connectivity index is 2.16. The topological polar surface area (TPSA) is 47.6 Å². The van der Waals surface area contributed by atoms with E-state index in [2.05, 4.69) is 18.0 Å². The molecule has 120 valence electrons. The molecule has 0 spiro atoms. The average molecular weight is 311 g/mol. The maximum absolute atomic E-state index is 11.2. The van der Waals surface area contributed by atoms with Gasteiger partial charge in [-0.1, -0.05) is 36.9 Å². The first kappa shape index (κ1) is 16.6. The van der Waals surface area contributed by atoms with E-state index >= 15 is 0 Å². The Morgan fingerprint density at radius 1 is 1.09 bits per heavy atom. The maximum atomic E-state index is 11.2. The van der Waals surface area contributed by atoms with Gasteiger partial charge in [0.25, 0.3) is 0 Å². The molecule has 4 heteroatoms. The Bertz CT molecular complexity index is 695. The summed E-state index contributed by atoms with van der Waals surface area (Å²) in [5, 5.41) is 2.78. The third-order valence-corrected chi connectivity index (χ3v) is 3.54. The van der Waals surface area contributed by atoms with Crippen molar-refractivity contribution in [3.8, 4) is 22.6 Å². The van der Waals surface area contributed by atoms with Crippen LogP contribution in [0.5, 0.6) is 11.5 Å². The van der Waals surface area contributed by atoms with Crippen LogP contribution in [0.4, 0.5) is 0 Å². The Hall–Kier alpha value is -2.75. The summed E-state index contributed by atoms with van der Waals surface area (Å²) in [7, 11) is 3.25. The second-order valence-electron chi connectivity index (χ2n) is 5.02. The molecule has 2 aromatic carbocycles. The minimum atomic E-state index is -0.152. The first-order valence-electron chi connectivity index (χ1n) is 7.39. The molecule has 2 rings (SSSR count). The molecule has 0 bridgehead atoms. The van der Waals surface area contributed by atoms with Crippen molar-refractivity contribution in [1.29, 1.82) is 0 Å². The molecule has 0 atom stereocenters. The standard InChI is InChI=1S/C19H21NO3/c1-4-19(21)20-11-10-14-6-5-7-15(12-14)16-8-9-17(22-2)18(13-16)23-3/h4-9,12-13H,1,10-11H2,2-3H3,(H,20,21). The summed E-state index contributed by atoms with van der Waals surface area (Å²) in [4.78, 5) is 11.2. The van der Waals surface area contributed by atoms with E-state index in [4.69, 9.17) is 9.47 Å². The Morgan fingerprint density at radius 2 is 1.83 bits per heavy atom. The van der Waals surface area contributed by atoms with E-state index in [0.717, 1.165) is 23.1 Å². The summed E-state index contributed by atoms with van der Waals surface area (Å²) in [6.07, 6.45) is 2.04. The van der Waals surface area contributed by atoms with Crippen LogP contribution in [0.3, 0.4) is 0 Å². The lowest BCUT2D eigenvalue weighted by molar-refractivity contribution is -0.116. The third-order valence-electron chi connectivity index (χ3n) is 3.54. The van der Waals surface area contributed by atoms with Crippen LogP contribution in [0.2, 0.25) is 0 Å². The minimum absolute atomic E-state index is 0.152. The van der Waals surface area contributed by atoms with Gasteiger partial charge in [0.1, 0.15) is 0 Å². The second-order valence-corrected chi connectivity index (χ2v) is 5.02. The van der Waals surface area contributed by atoms with Crippen molar-refractivity contribution >= 4 is 5.91 Å². The highest BCUT2D eigenvalue weighted by Gasteiger charge is 2.06. The van der Waals surface area contributed by atoms with Gasteiger partial charge in [0.15, 0.2) is 11.5 Å². The Labute approximate surface area is 136 Å². The Kier molecular flexibility index (Phi) is 5.80. The van der Waals surface area contributed by atoms with E-state index in [1.807, 2.05) is 36.4 Å². The monoisotopic (exact) mass is 311 g/mol.